The molecule has 0 spiro atoms. The van der Waals surface area contributed by atoms with Gasteiger partial charge in [0, 0.05) is 0 Å². The highest BCUT2D eigenvalue weighted by atomic mass is 16.6. The standard InChI is InChI=1S/C36H55BO5/c1-3-5-7-9-10-11-12-13-14-16-28-39-33-23-19-31(20-24-33)37-40-29-36-35(42-37)26-25-34(41-36)30-17-21-32(22-18-30)38-27-15-8-6-4-2/h17-24,34-36H,3-16,25-29H2,1-2H3/t34-,35+,36-/m1/s1. The predicted molar refractivity (Wildman–Crippen MR) is 173 cm³/mol. The first-order valence-electron chi connectivity index (χ1n) is 17.1. The summed E-state index contributed by atoms with van der Waals surface area (Å²) >= 11 is 0. The largest absolute Gasteiger partial charge is 0.494 e. The highest BCUT2D eigenvalue weighted by Crippen LogP contribution is 2.35. The van der Waals surface area contributed by atoms with E-state index in [1.807, 2.05) is 12.1 Å². The maximum Gasteiger partial charge on any atom is 0.494 e. The number of hydrogen-bond acceptors (Lipinski definition) is 5. The molecule has 2 aromatic rings. The van der Waals surface area contributed by atoms with Gasteiger partial charge in [-0.1, -0.05) is 115 Å². The molecule has 0 amide bonds. The third-order valence-electron chi connectivity index (χ3n) is 8.61. The zero-order valence-corrected chi connectivity index (χ0v) is 26.4. The minimum atomic E-state index is -0.351. The van der Waals surface area contributed by atoms with Gasteiger partial charge in [-0.3, -0.25) is 0 Å². The summed E-state index contributed by atoms with van der Waals surface area (Å²) in [4.78, 5) is 0. The third kappa shape index (κ3) is 11.2. The van der Waals surface area contributed by atoms with Gasteiger partial charge in [-0.25, -0.2) is 0 Å². The first kappa shape index (κ1) is 32.9. The van der Waals surface area contributed by atoms with Crippen molar-refractivity contribution in [1.29, 1.82) is 0 Å². The molecular formula is C36H55BO5. The molecule has 0 aliphatic carbocycles. The van der Waals surface area contributed by atoms with Crippen molar-refractivity contribution in [2.75, 3.05) is 19.8 Å². The van der Waals surface area contributed by atoms with E-state index in [4.69, 9.17) is 23.5 Å². The van der Waals surface area contributed by atoms with Gasteiger partial charge in [-0.05, 0) is 61.0 Å². The molecule has 2 aliphatic rings. The molecule has 2 fully saturated rings. The highest BCUT2D eigenvalue weighted by molar-refractivity contribution is 6.61. The fourth-order valence-corrected chi connectivity index (χ4v) is 5.97. The molecule has 5 nitrogen and oxygen atoms in total. The molecule has 3 atom stereocenters. The molecule has 0 radical (unpaired) electrons. The Kier molecular flexibility index (Phi) is 15.1. The van der Waals surface area contributed by atoms with Crippen molar-refractivity contribution in [2.24, 2.45) is 0 Å². The van der Waals surface area contributed by atoms with Crippen LogP contribution in [0.2, 0.25) is 0 Å². The number of rotatable bonds is 20. The number of ether oxygens (including phenoxy) is 3. The van der Waals surface area contributed by atoms with E-state index in [2.05, 4.69) is 50.2 Å². The number of benzene rings is 2. The van der Waals surface area contributed by atoms with Crippen LogP contribution in [-0.2, 0) is 14.0 Å². The van der Waals surface area contributed by atoms with Crippen molar-refractivity contribution in [3.8, 4) is 11.5 Å². The van der Waals surface area contributed by atoms with E-state index >= 15 is 0 Å². The van der Waals surface area contributed by atoms with Gasteiger partial charge >= 0.3 is 7.12 Å². The van der Waals surface area contributed by atoms with Crippen LogP contribution < -0.4 is 14.9 Å². The van der Waals surface area contributed by atoms with Crippen LogP contribution in [0.4, 0.5) is 0 Å². The highest BCUT2D eigenvalue weighted by Gasteiger charge is 2.41. The van der Waals surface area contributed by atoms with Crippen molar-refractivity contribution in [3.05, 3.63) is 54.1 Å². The van der Waals surface area contributed by atoms with Crippen LogP contribution in [0.25, 0.3) is 0 Å². The van der Waals surface area contributed by atoms with Gasteiger partial charge in [0.1, 0.15) is 17.6 Å². The zero-order chi connectivity index (χ0) is 29.2. The lowest BCUT2D eigenvalue weighted by Crippen LogP contribution is -2.54. The van der Waals surface area contributed by atoms with Crippen molar-refractivity contribution < 1.29 is 23.5 Å². The Morgan fingerprint density at radius 1 is 0.619 bits per heavy atom. The Labute approximate surface area is 256 Å². The van der Waals surface area contributed by atoms with Crippen LogP contribution >= 0.6 is 0 Å². The molecule has 42 heavy (non-hydrogen) atoms. The van der Waals surface area contributed by atoms with Crippen LogP contribution in [0.3, 0.4) is 0 Å². The second kappa shape index (κ2) is 19.3. The minimum absolute atomic E-state index is 0.0434. The fraction of sp³-hybridized carbons (Fsp3) is 0.667. The second-order valence-corrected chi connectivity index (χ2v) is 12.2. The summed E-state index contributed by atoms with van der Waals surface area (Å²) in [6.07, 6.45) is 20.2. The first-order valence-corrected chi connectivity index (χ1v) is 17.1. The van der Waals surface area contributed by atoms with E-state index in [9.17, 15) is 0 Å². The molecule has 4 rings (SSSR count). The second-order valence-electron chi connectivity index (χ2n) is 12.2. The lowest BCUT2D eigenvalue weighted by molar-refractivity contribution is -0.150. The normalized spacial score (nSPS) is 20.3. The summed E-state index contributed by atoms with van der Waals surface area (Å²) < 4.78 is 30.8. The van der Waals surface area contributed by atoms with Gasteiger partial charge in [0.2, 0.25) is 0 Å². The van der Waals surface area contributed by atoms with Crippen molar-refractivity contribution in [1.82, 2.24) is 0 Å². The topological polar surface area (TPSA) is 46.2 Å². The molecule has 2 saturated heterocycles. The summed E-state index contributed by atoms with van der Waals surface area (Å²) in [6, 6.07) is 16.6. The SMILES string of the molecule is CCCCCCCCCCCCOc1ccc(B2OC[C@H]3O[C@@H](c4ccc(OCCCCCC)cc4)CC[C@@H]3O2)cc1. The van der Waals surface area contributed by atoms with Gasteiger partial charge in [-0.2, -0.15) is 0 Å². The quantitative estimate of drug-likeness (QED) is 0.116. The van der Waals surface area contributed by atoms with E-state index in [0.717, 1.165) is 55.9 Å². The number of unbranched alkanes of at least 4 members (excludes halogenated alkanes) is 12. The van der Waals surface area contributed by atoms with Crippen LogP contribution in [0.1, 0.15) is 128 Å². The van der Waals surface area contributed by atoms with Gasteiger partial charge in [-0.15, -0.1) is 0 Å². The van der Waals surface area contributed by atoms with Gasteiger partial charge in [0.05, 0.1) is 32.0 Å². The molecule has 0 saturated carbocycles. The minimum Gasteiger partial charge on any atom is -0.494 e. The summed E-state index contributed by atoms with van der Waals surface area (Å²) in [6.45, 7) is 6.62. The smallest absolute Gasteiger partial charge is 0.494 e. The molecule has 0 bridgehead atoms. The molecule has 6 heteroatoms. The summed E-state index contributed by atoms with van der Waals surface area (Å²) in [5.41, 5.74) is 2.23. The number of fused-ring (bicyclic) bond motifs is 1. The Hall–Kier alpha value is -2.02. The van der Waals surface area contributed by atoms with E-state index in [-0.39, 0.29) is 25.4 Å². The van der Waals surface area contributed by atoms with Crippen molar-refractivity contribution in [2.45, 2.75) is 135 Å². The predicted octanol–water partition coefficient (Wildman–Crippen LogP) is 8.98. The van der Waals surface area contributed by atoms with E-state index in [0.29, 0.717) is 6.61 Å². The van der Waals surface area contributed by atoms with Crippen LogP contribution in [-0.4, -0.2) is 39.1 Å². The molecule has 0 N–H and O–H groups in total. The lowest BCUT2D eigenvalue weighted by atomic mass is 9.76. The summed E-state index contributed by atoms with van der Waals surface area (Å²) in [7, 11) is -0.351. The maximum atomic E-state index is 6.44. The zero-order valence-electron chi connectivity index (χ0n) is 26.4. The Bertz CT molecular complexity index is 966. The summed E-state index contributed by atoms with van der Waals surface area (Å²) in [5.74, 6) is 1.85. The molecule has 232 valence electrons. The Balaban J connectivity index is 1.10. The molecule has 0 aromatic heterocycles. The van der Waals surface area contributed by atoms with Crippen LogP contribution in [0, 0.1) is 0 Å². The lowest BCUT2D eigenvalue weighted by Gasteiger charge is -2.41. The summed E-state index contributed by atoms with van der Waals surface area (Å²) in [5, 5.41) is 0. The molecule has 2 heterocycles. The third-order valence-corrected chi connectivity index (χ3v) is 8.61. The van der Waals surface area contributed by atoms with Gasteiger partial charge < -0.3 is 23.5 Å². The average molecular weight is 579 g/mol. The average Bonchev–Trinajstić information content (AvgIpc) is 3.03. The van der Waals surface area contributed by atoms with Gasteiger partial charge in [0.15, 0.2) is 0 Å². The Morgan fingerprint density at radius 2 is 1.14 bits per heavy atom. The maximum absolute atomic E-state index is 6.44. The number of hydrogen-bond donors (Lipinski definition) is 0. The molecule has 2 aromatic carbocycles. The monoisotopic (exact) mass is 578 g/mol. The van der Waals surface area contributed by atoms with E-state index in [1.165, 1.54) is 82.6 Å². The first-order chi connectivity index (χ1) is 20.8. The molecule has 2 aliphatic heterocycles. The van der Waals surface area contributed by atoms with Crippen LogP contribution in [0.5, 0.6) is 11.5 Å². The fourth-order valence-electron chi connectivity index (χ4n) is 5.97. The molecule has 0 unspecified atom stereocenters. The van der Waals surface area contributed by atoms with E-state index < -0.39 is 0 Å². The molecular weight excluding hydrogens is 523 g/mol. The van der Waals surface area contributed by atoms with Gasteiger partial charge in [0.25, 0.3) is 0 Å². The van der Waals surface area contributed by atoms with Crippen LogP contribution in [0.15, 0.2) is 48.5 Å². The Morgan fingerprint density at radius 3 is 1.74 bits per heavy atom. The van der Waals surface area contributed by atoms with E-state index in [1.54, 1.807) is 0 Å². The van der Waals surface area contributed by atoms with Crippen molar-refractivity contribution in [3.63, 3.8) is 0 Å². The van der Waals surface area contributed by atoms with Crippen molar-refractivity contribution >= 4 is 12.6 Å².